The molecule has 1 unspecified atom stereocenters. The zero-order chi connectivity index (χ0) is 19.9. The first-order valence-electron chi connectivity index (χ1n) is 8.53. The Balaban J connectivity index is 1.96. The molecule has 0 radical (unpaired) electrons. The smallest absolute Gasteiger partial charge is 0.333 e. The number of nitrogens with one attached hydrogen (secondary N) is 1. The summed E-state index contributed by atoms with van der Waals surface area (Å²) in [6, 6.07) is 19.2. The number of halogens is 3. The Bertz CT molecular complexity index is 1070. The monoisotopic (exact) mass is 397 g/mol. The zero-order valence-corrected chi connectivity index (χ0v) is 15.2. The number of carbonyl (C=O) groups is 2. The van der Waals surface area contributed by atoms with Crippen LogP contribution in [0.4, 0.5) is 8.78 Å². The molecule has 3 nitrogen and oxygen atoms in total. The van der Waals surface area contributed by atoms with Gasteiger partial charge in [0.15, 0.2) is 5.54 Å². The van der Waals surface area contributed by atoms with Gasteiger partial charge in [-0.3, -0.25) is 9.59 Å². The van der Waals surface area contributed by atoms with Crippen LogP contribution < -0.4 is 5.32 Å². The molecule has 0 fully saturated rings. The molecule has 0 bridgehead atoms. The van der Waals surface area contributed by atoms with E-state index in [2.05, 4.69) is 5.32 Å². The van der Waals surface area contributed by atoms with E-state index in [0.29, 0.717) is 5.02 Å². The van der Waals surface area contributed by atoms with Crippen LogP contribution in [0.2, 0.25) is 5.02 Å². The molecule has 0 aromatic heterocycles. The van der Waals surface area contributed by atoms with E-state index in [9.17, 15) is 9.59 Å². The molecule has 4 rings (SSSR count). The van der Waals surface area contributed by atoms with Crippen molar-refractivity contribution in [3.05, 3.63) is 106 Å². The average molecular weight is 398 g/mol. The molecule has 3 aromatic rings. The predicted octanol–water partition coefficient (Wildman–Crippen LogP) is 4.85. The molecule has 0 aliphatic carbocycles. The number of ketones is 1. The van der Waals surface area contributed by atoms with E-state index >= 15 is 8.78 Å². The van der Waals surface area contributed by atoms with Crippen LogP contribution in [-0.4, -0.2) is 17.6 Å². The van der Waals surface area contributed by atoms with Gasteiger partial charge in [0, 0.05) is 21.7 Å². The van der Waals surface area contributed by atoms with Crippen molar-refractivity contribution in [2.45, 2.75) is 11.5 Å². The number of alkyl halides is 2. The summed E-state index contributed by atoms with van der Waals surface area (Å²) >= 11 is 5.81. The minimum atomic E-state index is -3.95. The normalized spacial score (nSPS) is 18.5. The number of amides is 1. The summed E-state index contributed by atoms with van der Waals surface area (Å²) in [5.74, 6) is -6.00. The number of hydrogen-bond acceptors (Lipinski definition) is 2. The maximum atomic E-state index is 15.9. The fourth-order valence-corrected chi connectivity index (χ4v) is 3.74. The highest BCUT2D eigenvalue weighted by Gasteiger charge is 2.65. The van der Waals surface area contributed by atoms with Crippen LogP contribution in [0.1, 0.15) is 31.8 Å². The molecule has 1 amide bonds. The van der Waals surface area contributed by atoms with Crippen LogP contribution in [0.3, 0.4) is 0 Å². The third-order valence-electron chi connectivity index (χ3n) is 4.95. The van der Waals surface area contributed by atoms with E-state index in [1.807, 2.05) is 0 Å². The van der Waals surface area contributed by atoms with Gasteiger partial charge in [0.05, 0.1) is 0 Å². The highest BCUT2D eigenvalue weighted by molar-refractivity contribution is 6.30. The molecule has 28 heavy (non-hydrogen) atoms. The van der Waals surface area contributed by atoms with Crippen molar-refractivity contribution >= 4 is 23.3 Å². The third-order valence-corrected chi connectivity index (χ3v) is 5.20. The SMILES string of the molecule is O=C1NC(c2ccccc2)(C(F)(F)C(=O)c2ccc(Cl)cc2)c2ccccc21. The first-order valence-corrected chi connectivity index (χ1v) is 8.91. The van der Waals surface area contributed by atoms with E-state index in [1.165, 1.54) is 48.5 Å². The summed E-state index contributed by atoms with van der Waals surface area (Å²) < 4.78 is 31.8. The maximum absolute atomic E-state index is 15.9. The number of hydrogen-bond donors (Lipinski definition) is 1. The van der Waals surface area contributed by atoms with Crippen LogP contribution in [0.15, 0.2) is 78.9 Å². The Hall–Kier alpha value is -3.05. The van der Waals surface area contributed by atoms with Gasteiger partial charge in [0.2, 0.25) is 5.78 Å². The fraction of sp³-hybridized carbons (Fsp3) is 0.0909. The minimum Gasteiger partial charge on any atom is -0.333 e. The van der Waals surface area contributed by atoms with Gasteiger partial charge in [0.1, 0.15) is 0 Å². The number of rotatable bonds is 4. The molecule has 1 atom stereocenters. The summed E-state index contributed by atoms with van der Waals surface area (Å²) in [6.07, 6.45) is 0. The fourth-order valence-electron chi connectivity index (χ4n) is 3.61. The maximum Gasteiger partial charge on any atom is 0.340 e. The molecule has 1 heterocycles. The van der Waals surface area contributed by atoms with Crippen molar-refractivity contribution in [2.75, 3.05) is 0 Å². The molecular weight excluding hydrogens is 384 g/mol. The van der Waals surface area contributed by atoms with E-state index < -0.39 is 23.2 Å². The molecule has 0 spiro atoms. The molecule has 3 aromatic carbocycles. The van der Waals surface area contributed by atoms with Crippen LogP contribution >= 0.6 is 11.6 Å². The highest BCUT2D eigenvalue weighted by atomic mass is 35.5. The van der Waals surface area contributed by atoms with Crippen molar-refractivity contribution in [1.82, 2.24) is 5.32 Å². The molecule has 1 aliphatic heterocycles. The van der Waals surface area contributed by atoms with Crippen LogP contribution in [0.5, 0.6) is 0 Å². The second kappa shape index (κ2) is 6.53. The van der Waals surface area contributed by atoms with E-state index in [1.54, 1.807) is 30.3 Å². The van der Waals surface area contributed by atoms with E-state index in [-0.39, 0.29) is 22.3 Å². The Morgan fingerprint density at radius 3 is 2.18 bits per heavy atom. The Kier molecular flexibility index (Phi) is 4.27. The minimum absolute atomic E-state index is 0.0681. The number of Topliss-reactive ketones (excluding diaryl/α,β-unsaturated/α-hetero) is 1. The molecule has 1 N–H and O–H groups in total. The van der Waals surface area contributed by atoms with Crippen LogP contribution in [-0.2, 0) is 5.54 Å². The number of fused-ring (bicyclic) bond motifs is 1. The Labute approximate surface area is 165 Å². The Morgan fingerprint density at radius 1 is 0.893 bits per heavy atom. The number of carbonyl (C=O) groups excluding carboxylic acids is 2. The molecule has 6 heteroatoms. The van der Waals surface area contributed by atoms with Crippen LogP contribution in [0, 0.1) is 0 Å². The van der Waals surface area contributed by atoms with E-state index in [4.69, 9.17) is 11.6 Å². The van der Waals surface area contributed by atoms with Gasteiger partial charge in [-0.1, -0.05) is 60.1 Å². The summed E-state index contributed by atoms with van der Waals surface area (Å²) in [5, 5.41) is 2.75. The summed E-state index contributed by atoms with van der Waals surface area (Å²) in [6.45, 7) is 0. The lowest BCUT2D eigenvalue weighted by Gasteiger charge is -2.37. The number of benzene rings is 3. The van der Waals surface area contributed by atoms with E-state index in [0.717, 1.165) is 0 Å². The lowest BCUT2D eigenvalue weighted by molar-refractivity contribution is -0.0411. The third kappa shape index (κ3) is 2.54. The largest absolute Gasteiger partial charge is 0.340 e. The van der Waals surface area contributed by atoms with Gasteiger partial charge < -0.3 is 5.32 Å². The molecule has 1 aliphatic rings. The first kappa shape index (κ1) is 18.3. The summed E-state index contributed by atoms with van der Waals surface area (Å²) in [4.78, 5) is 25.4. The molecular formula is C22H14ClF2NO2. The van der Waals surface area contributed by atoms with Gasteiger partial charge in [-0.2, -0.15) is 8.78 Å². The second-order valence-corrected chi connectivity index (χ2v) is 6.96. The van der Waals surface area contributed by atoms with Crippen molar-refractivity contribution in [2.24, 2.45) is 0 Å². The van der Waals surface area contributed by atoms with Gasteiger partial charge in [-0.15, -0.1) is 0 Å². The molecule has 0 saturated heterocycles. The topological polar surface area (TPSA) is 46.2 Å². The van der Waals surface area contributed by atoms with Gasteiger partial charge >= 0.3 is 5.92 Å². The van der Waals surface area contributed by atoms with Crippen molar-refractivity contribution < 1.29 is 18.4 Å². The van der Waals surface area contributed by atoms with Gasteiger partial charge in [-0.05, 0) is 35.9 Å². The van der Waals surface area contributed by atoms with Gasteiger partial charge in [-0.25, -0.2) is 0 Å². The predicted molar refractivity (Wildman–Crippen MR) is 102 cm³/mol. The average Bonchev–Trinajstić information content (AvgIpc) is 3.03. The van der Waals surface area contributed by atoms with Gasteiger partial charge in [0.25, 0.3) is 5.91 Å². The quantitative estimate of drug-likeness (QED) is 0.640. The highest BCUT2D eigenvalue weighted by Crippen LogP contribution is 2.49. The van der Waals surface area contributed by atoms with Crippen molar-refractivity contribution in [1.29, 1.82) is 0 Å². The standard InChI is InChI=1S/C22H14ClF2NO2/c23-16-12-10-14(11-13-16)19(27)22(24,25)21(15-6-2-1-3-7-15)18-9-5-4-8-17(18)20(28)26-21/h1-13H,(H,26,28). The zero-order valence-electron chi connectivity index (χ0n) is 14.5. The Morgan fingerprint density at radius 2 is 1.50 bits per heavy atom. The van der Waals surface area contributed by atoms with Crippen molar-refractivity contribution in [3.8, 4) is 0 Å². The lowest BCUT2D eigenvalue weighted by atomic mass is 9.76. The lowest BCUT2D eigenvalue weighted by Crippen LogP contribution is -2.58. The summed E-state index contributed by atoms with van der Waals surface area (Å²) in [5.41, 5.74) is -2.18. The van der Waals surface area contributed by atoms with Crippen LogP contribution in [0.25, 0.3) is 0 Å². The summed E-state index contributed by atoms with van der Waals surface area (Å²) in [7, 11) is 0. The second-order valence-electron chi connectivity index (χ2n) is 6.53. The molecule has 140 valence electrons. The first-order chi connectivity index (χ1) is 13.4. The van der Waals surface area contributed by atoms with Crippen molar-refractivity contribution in [3.63, 3.8) is 0 Å². The molecule has 0 saturated carbocycles.